The molecule has 0 atom stereocenters. The zero-order chi connectivity index (χ0) is 13.2. The van der Waals surface area contributed by atoms with Gasteiger partial charge in [0.15, 0.2) is 11.6 Å². The Bertz CT molecular complexity index is 439. The van der Waals surface area contributed by atoms with E-state index >= 15 is 0 Å². The van der Waals surface area contributed by atoms with Crippen LogP contribution in [0.15, 0.2) is 12.1 Å². The average Bonchev–Trinajstić information content (AvgIpc) is 2.16. The first kappa shape index (κ1) is 13.4. The first-order valence-electron chi connectivity index (χ1n) is 5.24. The molecule has 0 aliphatic rings. The zero-order valence-electron chi connectivity index (χ0n) is 10.1. The van der Waals surface area contributed by atoms with Crippen LogP contribution in [0.25, 0.3) is 0 Å². The van der Waals surface area contributed by atoms with Crippen LogP contribution in [0.4, 0.5) is 20.2 Å². The van der Waals surface area contributed by atoms with E-state index in [-0.39, 0.29) is 23.2 Å². The van der Waals surface area contributed by atoms with Crippen LogP contribution < -0.4 is 11.1 Å². The van der Waals surface area contributed by atoms with Gasteiger partial charge in [-0.3, -0.25) is 4.79 Å². The zero-order valence-corrected chi connectivity index (χ0v) is 10.1. The number of nitrogens with two attached hydrogens (primary N) is 1. The van der Waals surface area contributed by atoms with E-state index in [2.05, 4.69) is 5.32 Å². The van der Waals surface area contributed by atoms with Crippen LogP contribution in [0.5, 0.6) is 0 Å². The smallest absolute Gasteiger partial charge is 0.225 e. The minimum absolute atomic E-state index is 0.00570. The SMILES string of the molecule is CC(C)(C)CC(=O)Nc1c(N)ccc(F)c1F. The van der Waals surface area contributed by atoms with E-state index in [1.54, 1.807) is 0 Å². The van der Waals surface area contributed by atoms with Gasteiger partial charge >= 0.3 is 0 Å². The number of halogens is 2. The topological polar surface area (TPSA) is 55.1 Å². The predicted molar refractivity (Wildman–Crippen MR) is 63.5 cm³/mol. The summed E-state index contributed by atoms with van der Waals surface area (Å²) in [6.07, 6.45) is 0.197. The van der Waals surface area contributed by atoms with Crippen LogP contribution >= 0.6 is 0 Å². The number of carbonyl (C=O) groups excluding carboxylic acids is 1. The number of rotatable bonds is 2. The molecule has 1 aromatic rings. The fraction of sp³-hybridized carbons (Fsp3) is 0.417. The van der Waals surface area contributed by atoms with E-state index in [0.717, 1.165) is 6.07 Å². The molecule has 0 fully saturated rings. The van der Waals surface area contributed by atoms with Crippen LogP contribution in [-0.2, 0) is 4.79 Å². The normalized spacial score (nSPS) is 11.4. The molecule has 1 aromatic carbocycles. The molecule has 17 heavy (non-hydrogen) atoms. The summed E-state index contributed by atoms with van der Waals surface area (Å²) in [5, 5.41) is 2.30. The van der Waals surface area contributed by atoms with Gasteiger partial charge in [-0.2, -0.15) is 0 Å². The van der Waals surface area contributed by atoms with E-state index < -0.39 is 17.5 Å². The molecular formula is C12H16F2N2O. The van der Waals surface area contributed by atoms with Gasteiger partial charge in [-0.05, 0) is 17.5 Å². The number of carbonyl (C=O) groups is 1. The standard InChI is InChI=1S/C12H16F2N2O/c1-12(2,3)6-9(17)16-11-8(15)5-4-7(13)10(11)14/h4-5H,6,15H2,1-3H3,(H,16,17). The van der Waals surface area contributed by atoms with Gasteiger partial charge in [-0.25, -0.2) is 8.78 Å². The van der Waals surface area contributed by atoms with Crippen molar-refractivity contribution in [3.8, 4) is 0 Å². The van der Waals surface area contributed by atoms with Gasteiger partial charge in [0.2, 0.25) is 5.91 Å². The summed E-state index contributed by atoms with van der Waals surface area (Å²) in [4.78, 5) is 11.6. The molecule has 0 saturated heterocycles. The van der Waals surface area contributed by atoms with Crippen LogP contribution in [0, 0.1) is 17.0 Å². The van der Waals surface area contributed by atoms with Crippen molar-refractivity contribution < 1.29 is 13.6 Å². The third-order valence-corrected chi connectivity index (χ3v) is 2.08. The van der Waals surface area contributed by atoms with Crippen LogP contribution in [-0.4, -0.2) is 5.91 Å². The van der Waals surface area contributed by atoms with E-state index in [0.29, 0.717) is 0 Å². The molecule has 1 rings (SSSR count). The molecule has 0 radical (unpaired) electrons. The maximum Gasteiger partial charge on any atom is 0.225 e. The Morgan fingerprint density at radius 2 is 1.94 bits per heavy atom. The van der Waals surface area contributed by atoms with Crippen molar-refractivity contribution in [3.05, 3.63) is 23.8 Å². The minimum Gasteiger partial charge on any atom is -0.397 e. The quantitative estimate of drug-likeness (QED) is 0.783. The second kappa shape index (κ2) is 4.69. The molecular weight excluding hydrogens is 226 g/mol. The molecule has 5 heteroatoms. The van der Waals surface area contributed by atoms with Crippen molar-refractivity contribution in [2.24, 2.45) is 5.41 Å². The van der Waals surface area contributed by atoms with Crippen molar-refractivity contribution in [2.45, 2.75) is 27.2 Å². The number of hydrogen-bond acceptors (Lipinski definition) is 2. The third-order valence-electron chi connectivity index (χ3n) is 2.08. The summed E-state index contributed by atoms with van der Waals surface area (Å²) < 4.78 is 26.4. The average molecular weight is 242 g/mol. The molecule has 0 heterocycles. The first-order chi connectivity index (χ1) is 7.70. The molecule has 3 nitrogen and oxygen atoms in total. The lowest BCUT2D eigenvalue weighted by atomic mass is 9.92. The van der Waals surface area contributed by atoms with Crippen molar-refractivity contribution in [3.63, 3.8) is 0 Å². The highest BCUT2D eigenvalue weighted by molar-refractivity contribution is 5.94. The van der Waals surface area contributed by atoms with Crippen molar-refractivity contribution in [1.82, 2.24) is 0 Å². The van der Waals surface area contributed by atoms with E-state index in [9.17, 15) is 13.6 Å². The predicted octanol–water partition coefficient (Wildman–Crippen LogP) is 2.92. The first-order valence-corrected chi connectivity index (χ1v) is 5.24. The van der Waals surface area contributed by atoms with Gasteiger partial charge in [0.05, 0.1) is 5.69 Å². The Kier molecular flexibility index (Phi) is 3.70. The Morgan fingerprint density at radius 3 is 2.47 bits per heavy atom. The van der Waals surface area contributed by atoms with Gasteiger partial charge in [-0.1, -0.05) is 20.8 Å². The Labute approximate surface area is 99.0 Å². The number of benzene rings is 1. The van der Waals surface area contributed by atoms with Crippen molar-refractivity contribution >= 4 is 17.3 Å². The van der Waals surface area contributed by atoms with Crippen molar-refractivity contribution in [1.29, 1.82) is 0 Å². The minimum atomic E-state index is -1.13. The van der Waals surface area contributed by atoms with Gasteiger partial charge in [-0.15, -0.1) is 0 Å². The van der Waals surface area contributed by atoms with E-state index in [4.69, 9.17) is 5.73 Å². The molecule has 3 N–H and O–H groups in total. The molecule has 1 amide bonds. The third kappa shape index (κ3) is 3.69. The number of amides is 1. The molecule has 0 aliphatic heterocycles. The largest absolute Gasteiger partial charge is 0.397 e. The van der Waals surface area contributed by atoms with Crippen LogP contribution in [0.3, 0.4) is 0 Å². The maximum absolute atomic E-state index is 13.4. The maximum atomic E-state index is 13.4. The number of nitrogen functional groups attached to an aromatic ring is 1. The lowest BCUT2D eigenvalue weighted by Gasteiger charge is -2.18. The second-order valence-corrected chi connectivity index (χ2v) is 5.11. The van der Waals surface area contributed by atoms with Gasteiger partial charge < -0.3 is 11.1 Å². The molecule has 0 spiro atoms. The summed E-state index contributed by atoms with van der Waals surface area (Å²) in [7, 11) is 0. The van der Waals surface area contributed by atoms with E-state index in [1.165, 1.54) is 6.07 Å². The lowest BCUT2D eigenvalue weighted by Crippen LogP contribution is -2.21. The highest BCUT2D eigenvalue weighted by Crippen LogP contribution is 2.26. The van der Waals surface area contributed by atoms with Crippen LogP contribution in [0.2, 0.25) is 0 Å². The monoisotopic (exact) mass is 242 g/mol. The molecule has 0 aliphatic carbocycles. The summed E-state index contributed by atoms with van der Waals surface area (Å²) >= 11 is 0. The second-order valence-electron chi connectivity index (χ2n) is 5.11. The molecule has 0 unspecified atom stereocenters. The number of nitrogens with one attached hydrogen (secondary N) is 1. The van der Waals surface area contributed by atoms with Crippen LogP contribution in [0.1, 0.15) is 27.2 Å². The Balaban J connectivity index is 2.89. The fourth-order valence-corrected chi connectivity index (χ4v) is 1.36. The lowest BCUT2D eigenvalue weighted by molar-refractivity contribution is -0.117. The van der Waals surface area contributed by atoms with Gasteiger partial charge in [0, 0.05) is 6.42 Å². The van der Waals surface area contributed by atoms with Crippen molar-refractivity contribution in [2.75, 3.05) is 11.1 Å². The highest BCUT2D eigenvalue weighted by Gasteiger charge is 2.19. The number of hydrogen-bond donors (Lipinski definition) is 2. The summed E-state index contributed by atoms with van der Waals surface area (Å²) in [5.41, 5.74) is 4.96. The number of anilines is 2. The van der Waals surface area contributed by atoms with Gasteiger partial charge in [0.1, 0.15) is 5.69 Å². The Hall–Kier alpha value is -1.65. The summed E-state index contributed by atoms with van der Waals surface area (Å²) in [6.45, 7) is 5.62. The molecule has 94 valence electrons. The summed E-state index contributed by atoms with van der Waals surface area (Å²) in [5.74, 6) is -2.56. The molecule has 0 bridgehead atoms. The Morgan fingerprint density at radius 1 is 1.35 bits per heavy atom. The highest BCUT2D eigenvalue weighted by atomic mass is 19.2. The summed E-state index contributed by atoms with van der Waals surface area (Å²) in [6, 6.07) is 2.13. The molecule has 0 saturated carbocycles. The van der Waals surface area contributed by atoms with Gasteiger partial charge in [0.25, 0.3) is 0 Å². The fourth-order valence-electron chi connectivity index (χ4n) is 1.36. The van der Waals surface area contributed by atoms with E-state index in [1.807, 2.05) is 20.8 Å². The molecule has 0 aromatic heterocycles.